The zero-order valence-corrected chi connectivity index (χ0v) is 15.5. The fourth-order valence-electron chi connectivity index (χ4n) is 2.12. The molecule has 2 rings (SSSR count). The lowest BCUT2D eigenvalue weighted by molar-refractivity contribution is -0.129. The number of benzene rings is 2. The van der Waals surface area contributed by atoms with E-state index >= 15 is 0 Å². The van der Waals surface area contributed by atoms with Crippen LogP contribution in [0.2, 0.25) is 0 Å². The summed E-state index contributed by atoms with van der Waals surface area (Å²) in [7, 11) is 1.54. The van der Waals surface area contributed by atoms with E-state index in [1.807, 2.05) is 13.0 Å². The number of aliphatic hydroxyl groups excluding tert-OH is 1. The number of carbonyl (C=O) groups is 1. The van der Waals surface area contributed by atoms with Gasteiger partial charge in [-0.3, -0.25) is 4.79 Å². The van der Waals surface area contributed by atoms with Crippen molar-refractivity contribution in [3.63, 3.8) is 0 Å². The molecule has 132 valence electrons. The van der Waals surface area contributed by atoms with Crippen molar-refractivity contribution >= 4 is 28.1 Å². The van der Waals surface area contributed by atoms with E-state index in [2.05, 4.69) is 26.5 Å². The summed E-state index contributed by atoms with van der Waals surface area (Å²) in [6, 6.07) is 12.2. The van der Waals surface area contributed by atoms with Gasteiger partial charge in [-0.05, 0) is 46.1 Å². The van der Waals surface area contributed by atoms with E-state index < -0.39 is 12.0 Å². The summed E-state index contributed by atoms with van der Waals surface area (Å²) >= 11 is 3.42. The Balaban J connectivity index is 2.06. The summed E-state index contributed by atoms with van der Waals surface area (Å²) in [5, 5.41) is 13.9. The largest absolute Gasteiger partial charge is 0.493 e. The molecular weight excluding hydrogens is 388 g/mol. The van der Waals surface area contributed by atoms with Crippen LogP contribution >= 0.6 is 15.9 Å². The van der Waals surface area contributed by atoms with Crippen molar-refractivity contribution in [3.8, 4) is 11.5 Å². The van der Waals surface area contributed by atoms with Crippen LogP contribution in [0.4, 0.5) is 0 Å². The van der Waals surface area contributed by atoms with Crippen molar-refractivity contribution in [2.45, 2.75) is 13.0 Å². The van der Waals surface area contributed by atoms with Gasteiger partial charge in [0.05, 0.1) is 24.4 Å². The van der Waals surface area contributed by atoms with E-state index in [0.29, 0.717) is 33.7 Å². The fourth-order valence-corrected chi connectivity index (χ4v) is 2.69. The SMILES string of the molecule is CCOc1c(Br)cc(/C=N\NC(=O)[C@@H](O)c2ccccc2)cc1OC. The van der Waals surface area contributed by atoms with Gasteiger partial charge in [-0.1, -0.05) is 30.3 Å². The van der Waals surface area contributed by atoms with Crippen molar-refractivity contribution in [3.05, 3.63) is 58.1 Å². The molecule has 0 saturated carbocycles. The molecule has 2 aromatic carbocycles. The van der Waals surface area contributed by atoms with Gasteiger partial charge in [0, 0.05) is 0 Å². The summed E-state index contributed by atoms with van der Waals surface area (Å²) in [6.45, 7) is 2.39. The van der Waals surface area contributed by atoms with Crippen molar-refractivity contribution in [2.24, 2.45) is 5.10 Å². The third-order valence-corrected chi connectivity index (χ3v) is 3.88. The molecule has 0 spiro atoms. The first-order valence-electron chi connectivity index (χ1n) is 7.63. The molecule has 0 bridgehead atoms. The number of halogens is 1. The Morgan fingerprint density at radius 1 is 1.36 bits per heavy atom. The standard InChI is InChI=1S/C18H19BrN2O4/c1-3-25-17-14(19)9-12(10-15(17)24-2)11-20-21-18(23)16(22)13-7-5-4-6-8-13/h4-11,16,22H,3H2,1-2H3,(H,21,23)/b20-11-/t16-/m0/s1. The summed E-state index contributed by atoms with van der Waals surface area (Å²) in [6.07, 6.45) is 0.179. The van der Waals surface area contributed by atoms with Crippen LogP contribution in [0.3, 0.4) is 0 Å². The number of carbonyl (C=O) groups excluding carboxylic acids is 1. The monoisotopic (exact) mass is 406 g/mol. The molecule has 6 nitrogen and oxygen atoms in total. The van der Waals surface area contributed by atoms with Crippen molar-refractivity contribution in [1.82, 2.24) is 5.43 Å². The predicted octanol–water partition coefficient (Wildman–Crippen LogP) is 3.04. The molecule has 0 fully saturated rings. The Bertz CT molecular complexity index is 750. The third kappa shape index (κ3) is 5.04. The number of hydrazone groups is 1. The van der Waals surface area contributed by atoms with Gasteiger partial charge in [0.15, 0.2) is 17.6 Å². The highest BCUT2D eigenvalue weighted by Crippen LogP contribution is 2.36. The zero-order chi connectivity index (χ0) is 18.2. The lowest BCUT2D eigenvalue weighted by Gasteiger charge is -2.12. The number of hydrogen-bond donors (Lipinski definition) is 2. The van der Waals surface area contributed by atoms with E-state index in [9.17, 15) is 9.90 Å². The first-order chi connectivity index (χ1) is 12.1. The van der Waals surface area contributed by atoms with E-state index in [1.165, 1.54) is 6.21 Å². The third-order valence-electron chi connectivity index (χ3n) is 3.29. The Morgan fingerprint density at radius 3 is 2.72 bits per heavy atom. The zero-order valence-electron chi connectivity index (χ0n) is 13.9. The van der Waals surface area contributed by atoms with Crippen molar-refractivity contribution < 1.29 is 19.4 Å². The van der Waals surface area contributed by atoms with E-state index in [4.69, 9.17) is 9.47 Å². The van der Waals surface area contributed by atoms with E-state index in [0.717, 1.165) is 0 Å². The highest BCUT2D eigenvalue weighted by Gasteiger charge is 2.16. The molecule has 0 aliphatic carbocycles. The van der Waals surface area contributed by atoms with Crippen LogP contribution in [-0.2, 0) is 4.79 Å². The molecule has 0 radical (unpaired) electrons. The minimum atomic E-state index is -1.28. The van der Waals surface area contributed by atoms with Gasteiger partial charge in [0.25, 0.3) is 5.91 Å². The van der Waals surface area contributed by atoms with Crippen LogP contribution < -0.4 is 14.9 Å². The number of amides is 1. The predicted molar refractivity (Wildman–Crippen MR) is 99.0 cm³/mol. The second-order valence-electron chi connectivity index (χ2n) is 5.01. The lowest BCUT2D eigenvalue weighted by Crippen LogP contribution is -2.25. The molecule has 0 aromatic heterocycles. The Labute approximate surface area is 154 Å². The van der Waals surface area contributed by atoms with Gasteiger partial charge in [0.1, 0.15) is 0 Å². The quantitative estimate of drug-likeness (QED) is 0.546. The van der Waals surface area contributed by atoms with Crippen LogP contribution in [0, 0.1) is 0 Å². The maximum atomic E-state index is 11.9. The average molecular weight is 407 g/mol. The summed E-state index contributed by atoms with van der Waals surface area (Å²) in [5.41, 5.74) is 3.52. The number of ether oxygens (including phenoxy) is 2. The molecule has 2 aromatic rings. The number of nitrogens with zero attached hydrogens (tertiary/aromatic N) is 1. The number of methoxy groups -OCH3 is 1. The molecule has 0 heterocycles. The van der Waals surface area contributed by atoms with Gasteiger partial charge >= 0.3 is 0 Å². The highest BCUT2D eigenvalue weighted by atomic mass is 79.9. The van der Waals surface area contributed by atoms with Gasteiger partial charge in [-0.2, -0.15) is 5.10 Å². The molecule has 2 N–H and O–H groups in total. The van der Waals surface area contributed by atoms with Gasteiger partial charge in [-0.15, -0.1) is 0 Å². The molecule has 1 atom stereocenters. The molecule has 7 heteroatoms. The maximum absolute atomic E-state index is 11.9. The normalized spacial score (nSPS) is 12.0. The second kappa shape index (κ2) is 9.19. The Hall–Kier alpha value is -2.38. The average Bonchev–Trinajstić information content (AvgIpc) is 2.63. The molecule has 0 unspecified atom stereocenters. The summed E-state index contributed by atoms with van der Waals surface area (Å²) < 4.78 is 11.5. The van der Waals surface area contributed by atoms with Gasteiger partial charge < -0.3 is 14.6 Å². The smallest absolute Gasteiger partial charge is 0.273 e. The van der Waals surface area contributed by atoms with Crippen LogP contribution in [0.15, 0.2) is 52.0 Å². The number of hydrogen-bond acceptors (Lipinski definition) is 5. The molecular formula is C18H19BrN2O4. The second-order valence-corrected chi connectivity index (χ2v) is 5.87. The number of aliphatic hydroxyl groups is 1. The molecule has 1 amide bonds. The maximum Gasteiger partial charge on any atom is 0.273 e. The molecule has 0 aliphatic rings. The van der Waals surface area contributed by atoms with Gasteiger partial charge in [-0.25, -0.2) is 5.43 Å². The fraction of sp³-hybridized carbons (Fsp3) is 0.222. The number of nitrogens with one attached hydrogen (secondary N) is 1. The van der Waals surface area contributed by atoms with Crippen molar-refractivity contribution in [1.29, 1.82) is 0 Å². The van der Waals surface area contributed by atoms with Crippen LogP contribution in [0.5, 0.6) is 11.5 Å². The topological polar surface area (TPSA) is 80.2 Å². The summed E-state index contributed by atoms with van der Waals surface area (Å²) in [5.74, 6) is 0.540. The minimum Gasteiger partial charge on any atom is -0.493 e. The molecule has 25 heavy (non-hydrogen) atoms. The lowest BCUT2D eigenvalue weighted by atomic mass is 10.1. The van der Waals surface area contributed by atoms with Crippen molar-refractivity contribution in [2.75, 3.05) is 13.7 Å². The first-order valence-corrected chi connectivity index (χ1v) is 8.42. The van der Waals surface area contributed by atoms with Crippen LogP contribution in [0.25, 0.3) is 0 Å². The summed E-state index contributed by atoms with van der Waals surface area (Å²) in [4.78, 5) is 11.9. The Morgan fingerprint density at radius 2 is 2.08 bits per heavy atom. The number of rotatable bonds is 7. The van der Waals surface area contributed by atoms with Gasteiger partial charge in [0.2, 0.25) is 0 Å². The first kappa shape index (κ1) is 19.0. The van der Waals surface area contributed by atoms with Crippen LogP contribution in [-0.4, -0.2) is 30.9 Å². The molecule has 0 aliphatic heterocycles. The molecule has 0 saturated heterocycles. The van der Waals surface area contributed by atoms with E-state index in [-0.39, 0.29) is 0 Å². The van der Waals surface area contributed by atoms with E-state index in [1.54, 1.807) is 43.5 Å². The van der Waals surface area contributed by atoms with Crippen LogP contribution in [0.1, 0.15) is 24.2 Å². The highest BCUT2D eigenvalue weighted by molar-refractivity contribution is 9.10. The minimum absolute atomic E-state index is 0.501. The Kier molecular flexibility index (Phi) is 6.97.